The topological polar surface area (TPSA) is 30.7 Å². The van der Waals surface area contributed by atoms with Gasteiger partial charge in [0.05, 0.1) is 10.7 Å². The van der Waals surface area contributed by atoms with Crippen molar-refractivity contribution in [2.75, 3.05) is 0 Å². The van der Waals surface area contributed by atoms with Crippen molar-refractivity contribution in [1.82, 2.24) is 14.8 Å². The molecule has 0 atom stereocenters. The van der Waals surface area contributed by atoms with E-state index in [-0.39, 0.29) is 5.28 Å². The van der Waals surface area contributed by atoms with Gasteiger partial charge in [-0.2, -0.15) is 0 Å². The Morgan fingerprint density at radius 1 is 1.13 bits per heavy atom. The van der Waals surface area contributed by atoms with Gasteiger partial charge in [-0.15, -0.1) is 10.2 Å². The molecule has 0 aliphatic carbocycles. The second-order valence-electron chi connectivity index (χ2n) is 2.95. The summed E-state index contributed by atoms with van der Waals surface area (Å²) in [7, 11) is 0. The first-order valence-electron chi connectivity index (χ1n) is 4.12. The van der Waals surface area contributed by atoms with Gasteiger partial charge in [0.25, 0.3) is 0 Å². The van der Waals surface area contributed by atoms with Crippen LogP contribution >= 0.6 is 34.8 Å². The molecular formula is C9H6Cl3N3. The maximum atomic E-state index is 6.04. The SMILES string of the molecule is Cc1nnc(Cl)n1-c1cc(Cl)ccc1Cl. The fraction of sp³-hybridized carbons (Fsp3) is 0.111. The summed E-state index contributed by atoms with van der Waals surface area (Å²) < 4.78 is 1.63. The lowest BCUT2D eigenvalue weighted by Crippen LogP contribution is -1.98. The predicted octanol–water partition coefficient (Wildman–Crippen LogP) is 3.54. The molecule has 78 valence electrons. The third-order valence-electron chi connectivity index (χ3n) is 1.93. The van der Waals surface area contributed by atoms with E-state index in [4.69, 9.17) is 34.8 Å². The Morgan fingerprint density at radius 3 is 2.47 bits per heavy atom. The number of aryl methyl sites for hydroxylation is 1. The second-order valence-corrected chi connectivity index (χ2v) is 4.13. The van der Waals surface area contributed by atoms with Crippen molar-refractivity contribution in [3.63, 3.8) is 0 Å². The Labute approximate surface area is 102 Å². The summed E-state index contributed by atoms with van der Waals surface area (Å²) in [6.45, 7) is 1.79. The van der Waals surface area contributed by atoms with Gasteiger partial charge in [-0.1, -0.05) is 23.2 Å². The average molecular weight is 263 g/mol. The molecule has 0 spiro atoms. The molecule has 0 aliphatic heterocycles. The average Bonchev–Trinajstić information content (AvgIpc) is 2.51. The number of hydrogen-bond donors (Lipinski definition) is 0. The minimum Gasteiger partial charge on any atom is -0.268 e. The first-order valence-corrected chi connectivity index (χ1v) is 5.26. The van der Waals surface area contributed by atoms with Crippen LogP contribution in [0.2, 0.25) is 15.3 Å². The highest BCUT2D eigenvalue weighted by atomic mass is 35.5. The predicted molar refractivity (Wildman–Crippen MR) is 61.1 cm³/mol. The molecule has 0 unspecified atom stereocenters. The van der Waals surface area contributed by atoms with E-state index in [0.29, 0.717) is 21.6 Å². The van der Waals surface area contributed by atoms with Crippen molar-refractivity contribution in [3.05, 3.63) is 39.4 Å². The summed E-state index contributed by atoms with van der Waals surface area (Å²) >= 11 is 17.8. The number of rotatable bonds is 1. The molecule has 0 bridgehead atoms. The normalized spacial score (nSPS) is 10.7. The zero-order chi connectivity index (χ0) is 11.0. The molecule has 2 aromatic rings. The van der Waals surface area contributed by atoms with Gasteiger partial charge in [-0.25, -0.2) is 0 Å². The largest absolute Gasteiger partial charge is 0.268 e. The molecule has 1 heterocycles. The maximum absolute atomic E-state index is 6.04. The van der Waals surface area contributed by atoms with Crippen molar-refractivity contribution in [1.29, 1.82) is 0 Å². The molecule has 0 saturated heterocycles. The summed E-state index contributed by atoms with van der Waals surface area (Å²) in [5, 5.41) is 8.97. The van der Waals surface area contributed by atoms with E-state index in [1.807, 2.05) is 0 Å². The number of nitrogens with zero attached hydrogens (tertiary/aromatic N) is 3. The van der Waals surface area contributed by atoms with Gasteiger partial charge in [0.1, 0.15) is 5.82 Å². The Morgan fingerprint density at radius 2 is 1.87 bits per heavy atom. The number of halogens is 3. The summed E-state index contributed by atoms with van der Waals surface area (Å²) in [5.41, 5.74) is 0.677. The first-order chi connectivity index (χ1) is 7.09. The summed E-state index contributed by atoms with van der Waals surface area (Å²) in [6, 6.07) is 5.13. The van der Waals surface area contributed by atoms with Gasteiger partial charge in [0.15, 0.2) is 0 Å². The molecule has 15 heavy (non-hydrogen) atoms. The highest BCUT2D eigenvalue weighted by Crippen LogP contribution is 2.27. The van der Waals surface area contributed by atoms with E-state index >= 15 is 0 Å². The summed E-state index contributed by atoms with van der Waals surface area (Å²) in [4.78, 5) is 0. The number of hydrogen-bond acceptors (Lipinski definition) is 2. The lowest BCUT2D eigenvalue weighted by molar-refractivity contribution is 0.970. The highest BCUT2D eigenvalue weighted by molar-refractivity contribution is 6.35. The van der Waals surface area contributed by atoms with E-state index in [2.05, 4.69) is 10.2 Å². The van der Waals surface area contributed by atoms with Crippen LogP contribution in [0.5, 0.6) is 0 Å². The van der Waals surface area contributed by atoms with E-state index in [9.17, 15) is 0 Å². The zero-order valence-corrected chi connectivity index (χ0v) is 9.98. The van der Waals surface area contributed by atoms with Crippen molar-refractivity contribution in [2.24, 2.45) is 0 Å². The fourth-order valence-corrected chi connectivity index (χ4v) is 1.89. The third-order valence-corrected chi connectivity index (χ3v) is 2.73. The lowest BCUT2D eigenvalue weighted by Gasteiger charge is -2.07. The van der Waals surface area contributed by atoms with Crippen LogP contribution < -0.4 is 0 Å². The summed E-state index contributed by atoms with van der Waals surface area (Å²) in [5.74, 6) is 0.657. The lowest BCUT2D eigenvalue weighted by atomic mass is 10.3. The third kappa shape index (κ3) is 1.95. The Hall–Kier alpha value is -0.770. The van der Waals surface area contributed by atoms with E-state index in [1.54, 1.807) is 29.7 Å². The van der Waals surface area contributed by atoms with Crippen LogP contribution in [0, 0.1) is 6.92 Å². The van der Waals surface area contributed by atoms with Crippen LogP contribution in [-0.2, 0) is 0 Å². The van der Waals surface area contributed by atoms with Crippen LogP contribution in [0.4, 0.5) is 0 Å². The van der Waals surface area contributed by atoms with Gasteiger partial charge in [0.2, 0.25) is 5.28 Å². The van der Waals surface area contributed by atoms with Crippen LogP contribution in [0.15, 0.2) is 18.2 Å². The monoisotopic (exact) mass is 261 g/mol. The molecule has 0 saturated carbocycles. The van der Waals surface area contributed by atoms with Crippen LogP contribution in [0.1, 0.15) is 5.82 Å². The maximum Gasteiger partial charge on any atom is 0.229 e. The van der Waals surface area contributed by atoms with Crippen LogP contribution in [0.25, 0.3) is 5.69 Å². The molecule has 0 amide bonds. The summed E-state index contributed by atoms with van der Waals surface area (Å²) in [6.07, 6.45) is 0. The van der Waals surface area contributed by atoms with E-state index < -0.39 is 0 Å². The van der Waals surface area contributed by atoms with Crippen LogP contribution in [-0.4, -0.2) is 14.8 Å². The van der Waals surface area contributed by atoms with E-state index in [0.717, 1.165) is 0 Å². The van der Waals surface area contributed by atoms with Crippen molar-refractivity contribution >= 4 is 34.8 Å². The van der Waals surface area contributed by atoms with Gasteiger partial charge in [-0.05, 0) is 36.7 Å². The molecule has 2 rings (SSSR count). The molecule has 3 nitrogen and oxygen atoms in total. The van der Waals surface area contributed by atoms with Gasteiger partial charge in [0, 0.05) is 5.02 Å². The van der Waals surface area contributed by atoms with Crippen molar-refractivity contribution in [3.8, 4) is 5.69 Å². The van der Waals surface area contributed by atoms with Gasteiger partial charge < -0.3 is 0 Å². The number of benzene rings is 1. The Bertz CT molecular complexity index is 488. The van der Waals surface area contributed by atoms with Crippen LogP contribution in [0.3, 0.4) is 0 Å². The van der Waals surface area contributed by atoms with Gasteiger partial charge in [-0.3, -0.25) is 4.57 Å². The quantitative estimate of drug-likeness (QED) is 0.787. The highest BCUT2D eigenvalue weighted by Gasteiger charge is 2.11. The molecule has 1 aromatic heterocycles. The second kappa shape index (κ2) is 4.00. The Kier molecular flexibility index (Phi) is 2.87. The zero-order valence-electron chi connectivity index (χ0n) is 7.71. The first kappa shape index (κ1) is 10.7. The molecule has 0 radical (unpaired) electrons. The van der Waals surface area contributed by atoms with Crippen molar-refractivity contribution in [2.45, 2.75) is 6.92 Å². The molecular weight excluding hydrogens is 256 g/mol. The minimum atomic E-state index is 0.261. The number of aromatic nitrogens is 3. The van der Waals surface area contributed by atoms with Crippen molar-refractivity contribution < 1.29 is 0 Å². The molecule has 1 aromatic carbocycles. The molecule has 0 N–H and O–H groups in total. The molecule has 0 fully saturated rings. The Balaban J connectivity index is 2.68. The molecule has 6 heteroatoms. The fourth-order valence-electron chi connectivity index (χ4n) is 1.27. The van der Waals surface area contributed by atoms with Gasteiger partial charge >= 0.3 is 0 Å². The van der Waals surface area contributed by atoms with E-state index in [1.165, 1.54) is 0 Å². The minimum absolute atomic E-state index is 0.261. The molecule has 0 aliphatic rings. The standard InChI is InChI=1S/C9H6Cl3N3/c1-5-13-14-9(12)15(5)8-4-6(10)2-3-7(8)11/h2-4H,1H3. The smallest absolute Gasteiger partial charge is 0.229 e.